The molecule has 1 aromatic carbocycles. The number of nitrogens with one attached hydrogen (secondary N) is 2. The van der Waals surface area contributed by atoms with Gasteiger partial charge in [0.15, 0.2) is 0 Å². The number of hydrogen-bond acceptors (Lipinski definition) is 4. The van der Waals surface area contributed by atoms with Crippen molar-refractivity contribution in [2.45, 2.75) is 105 Å². The number of alkyl carbamates (subject to hydrolysis) is 1. The molecule has 0 bridgehead atoms. The van der Waals surface area contributed by atoms with Gasteiger partial charge < -0.3 is 20.3 Å². The highest BCUT2D eigenvalue weighted by Crippen LogP contribution is 2.29. The fourth-order valence-corrected chi connectivity index (χ4v) is 3.92. The lowest BCUT2D eigenvalue weighted by molar-refractivity contribution is -0.142. The van der Waals surface area contributed by atoms with Crippen molar-refractivity contribution in [2.24, 2.45) is 0 Å². The van der Waals surface area contributed by atoms with E-state index in [1.54, 1.807) is 32.6 Å². The molecule has 2 N–H and O–H groups in total. The fraction of sp³-hybridized carbons (Fsp3) is 0.654. The zero-order valence-corrected chi connectivity index (χ0v) is 21.9. The molecule has 33 heavy (non-hydrogen) atoms. The highest BCUT2D eigenvalue weighted by atomic mass is 16.6. The Kier molecular flexibility index (Phi) is 10.9. The fourth-order valence-electron chi connectivity index (χ4n) is 3.92. The van der Waals surface area contributed by atoms with Crippen LogP contribution in [0.3, 0.4) is 0 Å². The number of aryl methyl sites for hydroxylation is 2. The molecule has 7 heteroatoms. The molecule has 7 nitrogen and oxygen atoms in total. The molecule has 3 amide bonds. The molecule has 0 aromatic heterocycles. The first kappa shape index (κ1) is 28.5. The summed E-state index contributed by atoms with van der Waals surface area (Å²) in [4.78, 5) is 41.0. The van der Waals surface area contributed by atoms with E-state index >= 15 is 0 Å². The first-order chi connectivity index (χ1) is 15.3. The molecule has 1 aromatic rings. The van der Waals surface area contributed by atoms with Gasteiger partial charge in [0.1, 0.15) is 17.7 Å². The average molecular weight is 462 g/mol. The van der Waals surface area contributed by atoms with E-state index in [9.17, 15) is 14.4 Å². The maximum atomic E-state index is 13.6. The first-order valence-corrected chi connectivity index (χ1v) is 12.0. The summed E-state index contributed by atoms with van der Waals surface area (Å²) in [7, 11) is 0. The Hall–Kier alpha value is -2.57. The Morgan fingerprint density at radius 1 is 1.00 bits per heavy atom. The van der Waals surface area contributed by atoms with E-state index in [1.165, 1.54) is 0 Å². The monoisotopic (exact) mass is 461 g/mol. The minimum absolute atomic E-state index is 0.00906. The molecular formula is C26H43N3O4. The second kappa shape index (κ2) is 12.6. The van der Waals surface area contributed by atoms with Crippen LogP contribution in [-0.2, 0) is 14.3 Å². The maximum absolute atomic E-state index is 13.6. The number of amides is 3. The second-order valence-corrected chi connectivity index (χ2v) is 9.81. The van der Waals surface area contributed by atoms with Gasteiger partial charge in [-0.1, -0.05) is 38.5 Å². The molecule has 0 radical (unpaired) electrons. The van der Waals surface area contributed by atoms with Crippen LogP contribution in [0.1, 0.15) is 90.5 Å². The standard InChI is InChI=1S/C26H43N3O4/c1-10-13-19(5)27-23(30)22(21-17(3)14-12-15-18(21)4)29(16-11-2)24(31)20(6)28-25(32)33-26(7,8)9/h12,14-15,19-20,22H,10-11,13,16H2,1-9H3,(H,27,30)(H,28,32). The molecule has 0 heterocycles. The van der Waals surface area contributed by atoms with Gasteiger partial charge >= 0.3 is 6.09 Å². The van der Waals surface area contributed by atoms with Crippen LogP contribution >= 0.6 is 0 Å². The number of benzene rings is 1. The molecule has 0 aliphatic heterocycles. The summed E-state index contributed by atoms with van der Waals surface area (Å²) in [5, 5.41) is 5.72. The average Bonchev–Trinajstić information content (AvgIpc) is 2.67. The van der Waals surface area contributed by atoms with E-state index in [-0.39, 0.29) is 17.9 Å². The summed E-state index contributed by atoms with van der Waals surface area (Å²) in [6.07, 6.45) is 1.81. The predicted molar refractivity (Wildman–Crippen MR) is 132 cm³/mol. The van der Waals surface area contributed by atoms with Crippen molar-refractivity contribution in [3.8, 4) is 0 Å². The van der Waals surface area contributed by atoms with Crippen molar-refractivity contribution in [3.05, 3.63) is 34.9 Å². The largest absolute Gasteiger partial charge is 0.444 e. The third-order valence-corrected chi connectivity index (χ3v) is 5.34. The van der Waals surface area contributed by atoms with Crippen molar-refractivity contribution < 1.29 is 19.1 Å². The Morgan fingerprint density at radius 3 is 2.06 bits per heavy atom. The molecule has 3 atom stereocenters. The molecule has 1 rings (SSSR count). The normalized spacial score (nSPS) is 14.1. The molecule has 0 fully saturated rings. The van der Waals surface area contributed by atoms with Crippen LogP contribution < -0.4 is 10.6 Å². The lowest BCUT2D eigenvalue weighted by Crippen LogP contribution is -2.53. The maximum Gasteiger partial charge on any atom is 0.408 e. The highest BCUT2D eigenvalue weighted by Gasteiger charge is 2.36. The summed E-state index contributed by atoms with van der Waals surface area (Å²) in [5.41, 5.74) is 2.04. The van der Waals surface area contributed by atoms with Crippen LogP contribution in [0.25, 0.3) is 0 Å². The molecule has 0 saturated heterocycles. The minimum atomic E-state index is -0.848. The van der Waals surface area contributed by atoms with Gasteiger partial charge in [0.2, 0.25) is 11.8 Å². The molecule has 3 unspecified atom stereocenters. The van der Waals surface area contributed by atoms with E-state index in [0.717, 1.165) is 29.5 Å². The first-order valence-electron chi connectivity index (χ1n) is 12.0. The van der Waals surface area contributed by atoms with E-state index in [4.69, 9.17) is 4.74 Å². The van der Waals surface area contributed by atoms with Crippen LogP contribution in [-0.4, -0.2) is 47.0 Å². The number of hydrogen-bond donors (Lipinski definition) is 2. The second-order valence-electron chi connectivity index (χ2n) is 9.81. The van der Waals surface area contributed by atoms with Crippen molar-refractivity contribution in [3.63, 3.8) is 0 Å². The third-order valence-electron chi connectivity index (χ3n) is 5.34. The van der Waals surface area contributed by atoms with Crippen LogP contribution in [0.4, 0.5) is 4.79 Å². The van der Waals surface area contributed by atoms with Crippen molar-refractivity contribution in [2.75, 3.05) is 6.54 Å². The van der Waals surface area contributed by atoms with Gasteiger partial charge in [-0.3, -0.25) is 9.59 Å². The van der Waals surface area contributed by atoms with Gasteiger partial charge in [-0.05, 0) is 78.0 Å². The quantitative estimate of drug-likeness (QED) is 0.524. The summed E-state index contributed by atoms with van der Waals surface area (Å²) in [6, 6.07) is 4.20. The summed E-state index contributed by atoms with van der Waals surface area (Å²) in [5.74, 6) is -0.534. The zero-order chi connectivity index (χ0) is 25.3. The zero-order valence-electron chi connectivity index (χ0n) is 21.9. The van der Waals surface area contributed by atoms with Crippen molar-refractivity contribution in [1.82, 2.24) is 15.5 Å². The van der Waals surface area contributed by atoms with Gasteiger partial charge in [-0.15, -0.1) is 0 Å². The smallest absolute Gasteiger partial charge is 0.408 e. The van der Waals surface area contributed by atoms with Gasteiger partial charge in [0.25, 0.3) is 0 Å². The lowest BCUT2D eigenvalue weighted by Gasteiger charge is -2.35. The van der Waals surface area contributed by atoms with Crippen molar-refractivity contribution in [1.29, 1.82) is 0 Å². The van der Waals surface area contributed by atoms with E-state index in [1.807, 2.05) is 45.9 Å². The Bertz CT molecular complexity index is 796. The van der Waals surface area contributed by atoms with Crippen LogP contribution in [0, 0.1) is 13.8 Å². The summed E-state index contributed by atoms with van der Waals surface area (Å²) in [6.45, 7) is 17.2. The Morgan fingerprint density at radius 2 is 1.58 bits per heavy atom. The third kappa shape index (κ3) is 8.71. The van der Waals surface area contributed by atoms with Crippen molar-refractivity contribution >= 4 is 17.9 Å². The molecule has 186 valence electrons. The van der Waals surface area contributed by atoms with E-state index < -0.39 is 23.8 Å². The topological polar surface area (TPSA) is 87.7 Å². The number of carbonyl (C=O) groups is 3. The van der Waals surface area contributed by atoms with Gasteiger partial charge in [0, 0.05) is 12.6 Å². The number of carbonyl (C=O) groups excluding carboxylic acids is 3. The van der Waals surface area contributed by atoms with Gasteiger partial charge in [-0.2, -0.15) is 0 Å². The van der Waals surface area contributed by atoms with Gasteiger partial charge in [0.05, 0.1) is 0 Å². The van der Waals surface area contributed by atoms with Crippen LogP contribution in [0.15, 0.2) is 18.2 Å². The number of rotatable bonds is 10. The summed E-state index contributed by atoms with van der Waals surface area (Å²) < 4.78 is 5.31. The molecular weight excluding hydrogens is 418 g/mol. The molecule has 0 aliphatic carbocycles. The lowest BCUT2D eigenvalue weighted by atomic mass is 9.93. The van der Waals surface area contributed by atoms with Crippen LogP contribution in [0.2, 0.25) is 0 Å². The van der Waals surface area contributed by atoms with E-state index in [2.05, 4.69) is 17.6 Å². The summed E-state index contributed by atoms with van der Waals surface area (Å²) >= 11 is 0. The Balaban J connectivity index is 3.36. The molecule has 0 spiro atoms. The minimum Gasteiger partial charge on any atom is -0.444 e. The molecule has 0 saturated carbocycles. The number of nitrogens with zero attached hydrogens (tertiary/aromatic N) is 1. The molecule has 0 aliphatic rings. The predicted octanol–water partition coefficient (Wildman–Crippen LogP) is 4.80. The number of ether oxygens (including phenoxy) is 1. The van der Waals surface area contributed by atoms with E-state index in [0.29, 0.717) is 13.0 Å². The SMILES string of the molecule is CCCC(C)NC(=O)C(c1c(C)cccc1C)N(CCC)C(=O)C(C)NC(=O)OC(C)(C)C. The Labute approximate surface area is 199 Å². The van der Waals surface area contributed by atoms with Gasteiger partial charge in [-0.25, -0.2) is 4.79 Å². The highest BCUT2D eigenvalue weighted by molar-refractivity contribution is 5.92. The van der Waals surface area contributed by atoms with Crippen LogP contribution in [0.5, 0.6) is 0 Å².